The summed E-state index contributed by atoms with van der Waals surface area (Å²) in [6.07, 6.45) is 1.56. The first-order valence-electron chi connectivity index (χ1n) is 9.39. The molecule has 30 heavy (non-hydrogen) atoms. The van der Waals surface area contributed by atoms with E-state index in [9.17, 15) is 13.2 Å². The van der Waals surface area contributed by atoms with Crippen LogP contribution in [0.25, 0.3) is 4.91 Å². The van der Waals surface area contributed by atoms with Crippen LogP contribution in [0.2, 0.25) is 0 Å². The van der Waals surface area contributed by atoms with Crippen LogP contribution in [-0.4, -0.2) is 31.7 Å². The SMILES string of the molecule is Cc1ccc(CN(C(=O)C2=C(c3ccccc3)S(=O)(=O)CCO2)c2ccccn2)o1. The molecule has 2 aromatic heterocycles. The number of benzene rings is 1. The highest BCUT2D eigenvalue weighted by Gasteiger charge is 2.36. The van der Waals surface area contributed by atoms with E-state index in [1.165, 1.54) is 4.90 Å². The molecule has 1 aliphatic heterocycles. The molecule has 0 bridgehead atoms. The summed E-state index contributed by atoms with van der Waals surface area (Å²) in [5, 5.41) is 0. The van der Waals surface area contributed by atoms with Crippen molar-refractivity contribution in [2.45, 2.75) is 13.5 Å². The lowest BCUT2D eigenvalue weighted by Crippen LogP contribution is -2.36. The van der Waals surface area contributed by atoms with Gasteiger partial charge >= 0.3 is 0 Å². The highest BCUT2D eigenvalue weighted by Crippen LogP contribution is 2.32. The first-order chi connectivity index (χ1) is 14.5. The highest BCUT2D eigenvalue weighted by atomic mass is 32.2. The minimum absolute atomic E-state index is 0.0820. The van der Waals surface area contributed by atoms with Crippen LogP contribution in [-0.2, 0) is 25.9 Å². The van der Waals surface area contributed by atoms with Gasteiger partial charge in [0.2, 0.25) is 5.76 Å². The maximum atomic E-state index is 13.6. The van der Waals surface area contributed by atoms with E-state index in [-0.39, 0.29) is 29.6 Å². The third-order valence-corrected chi connectivity index (χ3v) is 6.37. The summed E-state index contributed by atoms with van der Waals surface area (Å²) in [5.41, 5.74) is 0.412. The number of nitrogens with zero attached hydrogens (tertiary/aromatic N) is 2. The van der Waals surface area contributed by atoms with Crippen molar-refractivity contribution in [1.29, 1.82) is 0 Å². The van der Waals surface area contributed by atoms with Gasteiger partial charge in [0.25, 0.3) is 5.91 Å². The van der Waals surface area contributed by atoms with Gasteiger partial charge in [-0.05, 0) is 36.8 Å². The van der Waals surface area contributed by atoms with Crippen molar-refractivity contribution in [2.24, 2.45) is 0 Å². The summed E-state index contributed by atoms with van der Waals surface area (Å²) in [6, 6.07) is 17.2. The van der Waals surface area contributed by atoms with Crippen LogP contribution in [0.4, 0.5) is 5.82 Å². The van der Waals surface area contributed by atoms with E-state index in [0.717, 1.165) is 0 Å². The maximum Gasteiger partial charge on any atom is 0.296 e. The molecule has 0 spiro atoms. The van der Waals surface area contributed by atoms with Crippen molar-refractivity contribution in [3.05, 3.63) is 89.7 Å². The van der Waals surface area contributed by atoms with Crippen molar-refractivity contribution < 1.29 is 22.4 Å². The van der Waals surface area contributed by atoms with E-state index in [1.54, 1.807) is 66.9 Å². The molecule has 0 saturated carbocycles. The molecule has 0 N–H and O–H groups in total. The zero-order chi connectivity index (χ0) is 21.1. The van der Waals surface area contributed by atoms with Gasteiger partial charge in [-0.1, -0.05) is 36.4 Å². The second-order valence-corrected chi connectivity index (χ2v) is 8.83. The second-order valence-electron chi connectivity index (χ2n) is 6.78. The fourth-order valence-electron chi connectivity index (χ4n) is 3.24. The second kappa shape index (κ2) is 8.16. The van der Waals surface area contributed by atoms with E-state index < -0.39 is 15.7 Å². The van der Waals surface area contributed by atoms with Gasteiger partial charge < -0.3 is 9.15 Å². The summed E-state index contributed by atoms with van der Waals surface area (Å²) in [7, 11) is -3.69. The number of hydrogen-bond donors (Lipinski definition) is 0. The van der Waals surface area contributed by atoms with Crippen molar-refractivity contribution >= 4 is 26.5 Å². The third-order valence-electron chi connectivity index (χ3n) is 4.63. The predicted octanol–water partition coefficient (Wildman–Crippen LogP) is 3.33. The molecule has 8 heteroatoms. The molecule has 0 fully saturated rings. The average Bonchev–Trinajstić information content (AvgIpc) is 3.17. The molecule has 154 valence electrons. The van der Waals surface area contributed by atoms with Gasteiger partial charge in [-0.3, -0.25) is 9.69 Å². The topological polar surface area (TPSA) is 89.7 Å². The smallest absolute Gasteiger partial charge is 0.296 e. The number of carbonyl (C=O) groups is 1. The van der Waals surface area contributed by atoms with Crippen LogP contribution in [0.3, 0.4) is 0 Å². The summed E-state index contributed by atoms with van der Waals surface area (Å²) in [6.45, 7) is 1.80. The molecular formula is C22H20N2O5S. The maximum absolute atomic E-state index is 13.6. The van der Waals surface area contributed by atoms with E-state index in [2.05, 4.69) is 4.98 Å². The van der Waals surface area contributed by atoms with Crippen molar-refractivity contribution in [1.82, 2.24) is 4.98 Å². The molecule has 0 radical (unpaired) electrons. The fourth-order valence-corrected chi connectivity index (χ4v) is 4.67. The molecule has 4 rings (SSSR count). The lowest BCUT2D eigenvalue weighted by molar-refractivity contribution is -0.118. The monoisotopic (exact) mass is 424 g/mol. The van der Waals surface area contributed by atoms with Gasteiger partial charge in [-0.15, -0.1) is 0 Å². The Hall–Kier alpha value is -3.39. The Morgan fingerprint density at radius 2 is 1.83 bits per heavy atom. The van der Waals surface area contributed by atoms with E-state index >= 15 is 0 Å². The number of ether oxygens (including phenoxy) is 1. The van der Waals surface area contributed by atoms with E-state index in [4.69, 9.17) is 9.15 Å². The lowest BCUT2D eigenvalue weighted by atomic mass is 10.2. The molecule has 0 saturated heterocycles. The number of pyridine rings is 1. The van der Waals surface area contributed by atoms with Gasteiger partial charge in [0.1, 0.15) is 28.9 Å². The predicted molar refractivity (Wildman–Crippen MR) is 112 cm³/mol. The zero-order valence-electron chi connectivity index (χ0n) is 16.3. The Bertz CT molecular complexity index is 1180. The van der Waals surface area contributed by atoms with Crippen LogP contribution >= 0.6 is 0 Å². The van der Waals surface area contributed by atoms with Gasteiger partial charge in [0, 0.05) is 6.20 Å². The number of rotatable bonds is 5. The molecule has 7 nitrogen and oxygen atoms in total. The quantitative estimate of drug-likeness (QED) is 0.624. The van der Waals surface area contributed by atoms with Gasteiger partial charge in [-0.2, -0.15) is 0 Å². The number of sulfone groups is 1. The van der Waals surface area contributed by atoms with Crippen LogP contribution in [0.1, 0.15) is 17.1 Å². The fraction of sp³-hybridized carbons (Fsp3) is 0.182. The van der Waals surface area contributed by atoms with E-state index in [0.29, 0.717) is 22.9 Å². The largest absolute Gasteiger partial charge is 0.486 e. The molecule has 1 amide bonds. The van der Waals surface area contributed by atoms with Crippen LogP contribution < -0.4 is 4.90 Å². The van der Waals surface area contributed by atoms with Crippen LogP contribution in [0, 0.1) is 6.92 Å². The first-order valence-corrected chi connectivity index (χ1v) is 11.0. The number of amides is 1. The molecular weight excluding hydrogens is 404 g/mol. The lowest BCUT2D eigenvalue weighted by Gasteiger charge is -2.26. The Balaban J connectivity index is 1.83. The molecule has 1 aliphatic rings. The van der Waals surface area contributed by atoms with Gasteiger partial charge in [0.15, 0.2) is 9.84 Å². The number of aryl methyl sites for hydroxylation is 1. The Kier molecular flexibility index (Phi) is 5.41. The van der Waals surface area contributed by atoms with Crippen molar-refractivity contribution in [2.75, 3.05) is 17.3 Å². The first kappa shape index (κ1) is 19.9. The Labute approximate surface area is 174 Å². The van der Waals surface area contributed by atoms with Gasteiger partial charge in [0.05, 0.1) is 12.3 Å². The highest BCUT2D eigenvalue weighted by molar-refractivity contribution is 8.00. The van der Waals surface area contributed by atoms with Crippen LogP contribution in [0.15, 0.2) is 77.0 Å². The molecule has 3 heterocycles. The molecule has 1 aromatic carbocycles. The Morgan fingerprint density at radius 1 is 1.07 bits per heavy atom. The number of aromatic nitrogens is 1. The van der Waals surface area contributed by atoms with Crippen molar-refractivity contribution in [3.8, 4) is 0 Å². The number of anilines is 1. The Morgan fingerprint density at radius 3 is 2.50 bits per heavy atom. The molecule has 0 unspecified atom stereocenters. The molecule has 0 aliphatic carbocycles. The molecule has 0 atom stereocenters. The zero-order valence-corrected chi connectivity index (χ0v) is 17.1. The van der Waals surface area contributed by atoms with E-state index in [1.807, 2.05) is 6.92 Å². The summed E-state index contributed by atoms with van der Waals surface area (Å²) in [4.78, 5) is 19.1. The number of carbonyl (C=O) groups excluding carboxylic acids is 1. The normalized spacial score (nSPS) is 15.5. The number of furan rings is 1. The standard InChI is InChI=1S/C22H20N2O5S/c1-16-10-11-18(29-16)15-24(19-9-5-6-12-23-19)22(25)20-21(17-7-3-2-4-8-17)30(26,27)14-13-28-20/h2-12H,13-15H2,1H3. The van der Waals surface area contributed by atoms with Gasteiger partial charge in [-0.25, -0.2) is 13.4 Å². The minimum Gasteiger partial charge on any atom is -0.486 e. The molecule has 3 aromatic rings. The number of hydrogen-bond acceptors (Lipinski definition) is 6. The summed E-state index contributed by atoms with van der Waals surface area (Å²) < 4.78 is 37.0. The third kappa shape index (κ3) is 3.99. The summed E-state index contributed by atoms with van der Waals surface area (Å²) >= 11 is 0. The average molecular weight is 424 g/mol. The van der Waals surface area contributed by atoms with Crippen molar-refractivity contribution in [3.63, 3.8) is 0 Å². The minimum atomic E-state index is -3.69. The van der Waals surface area contributed by atoms with Crippen LogP contribution in [0.5, 0.6) is 0 Å². The summed E-state index contributed by atoms with van der Waals surface area (Å²) in [5.74, 6) is 0.634.